The minimum absolute atomic E-state index is 0.0709. The highest BCUT2D eigenvalue weighted by atomic mass is 19.4. The van der Waals surface area contributed by atoms with Crippen LogP contribution in [0, 0.1) is 5.41 Å². The molecule has 1 aliphatic heterocycles. The van der Waals surface area contributed by atoms with Crippen LogP contribution in [0.25, 0.3) is 10.9 Å². The summed E-state index contributed by atoms with van der Waals surface area (Å²) in [5.41, 5.74) is -1.54. The maximum atomic E-state index is 13.3. The number of hydrogen-bond acceptors (Lipinski definition) is 6. The van der Waals surface area contributed by atoms with E-state index in [9.17, 15) is 22.8 Å². The van der Waals surface area contributed by atoms with E-state index in [4.69, 9.17) is 0 Å². The first-order valence-electron chi connectivity index (χ1n) is 10.4. The van der Waals surface area contributed by atoms with Crippen molar-refractivity contribution >= 4 is 22.8 Å². The maximum absolute atomic E-state index is 13.3. The van der Waals surface area contributed by atoms with Gasteiger partial charge in [-0.25, -0.2) is 9.78 Å². The number of fused-ring (bicyclic) bond motifs is 1. The summed E-state index contributed by atoms with van der Waals surface area (Å²) in [6, 6.07) is 6.29. The molecule has 0 saturated carbocycles. The molecule has 11 heteroatoms. The molecule has 1 amide bonds. The zero-order valence-corrected chi connectivity index (χ0v) is 18.2. The van der Waals surface area contributed by atoms with E-state index in [0.717, 1.165) is 12.8 Å². The van der Waals surface area contributed by atoms with Gasteiger partial charge in [0.15, 0.2) is 0 Å². The minimum Gasteiger partial charge on any atom is -0.356 e. The summed E-state index contributed by atoms with van der Waals surface area (Å²) in [5, 5.41) is 6.23. The number of rotatable bonds is 4. The normalized spacial score (nSPS) is 16.8. The third-order valence-electron chi connectivity index (χ3n) is 5.37. The second-order valence-corrected chi connectivity index (χ2v) is 8.43. The summed E-state index contributed by atoms with van der Waals surface area (Å²) in [5.74, 6) is 0.326. The van der Waals surface area contributed by atoms with Gasteiger partial charge >= 0.3 is 12.3 Å². The number of carbonyl (C=O) groups is 1. The standard InChI is InChI=1S/C21H26F3N5O3/c1-4-25-19(31)32-27-16-18(30)29(13-21(22,23)24)15-8-6-5-7-14(15)17(26-16)28-11-9-20(2,3)10-12-28/h5-8H,4,9-13H2,1-3H3,(H,25,31). The van der Waals surface area contributed by atoms with E-state index >= 15 is 0 Å². The second-order valence-electron chi connectivity index (χ2n) is 8.43. The van der Waals surface area contributed by atoms with Gasteiger partial charge in [0.2, 0.25) is 0 Å². The molecule has 32 heavy (non-hydrogen) atoms. The number of amides is 1. The third kappa shape index (κ3) is 5.57. The lowest BCUT2D eigenvalue weighted by Gasteiger charge is -2.37. The van der Waals surface area contributed by atoms with Crippen molar-refractivity contribution in [2.24, 2.45) is 10.6 Å². The third-order valence-corrected chi connectivity index (χ3v) is 5.37. The summed E-state index contributed by atoms with van der Waals surface area (Å²) < 4.78 is 40.6. The highest BCUT2D eigenvalue weighted by molar-refractivity contribution is 5.89. The molecule has 1 N–H and O–H groups in total. The second kappa shape index (κ2) is 9.17. The highest BCUT2D eigenvalue weighted by Crippen LogP contribution is 2.33. The molecule has 0 atom stereocenters. The van der Waals surface area contributed by atoms with E-state index in [-0.39, 0.29) is 17.5 Å². The number of piperidine rings is 1. The van der Waals surface area contributed by atoms with Crippen LogP contribution in [0.4, 0.5) is 23.8 Å². The summed E-state index contributed by atoms with van der Waals surface area (Å²) in [6.45, 7) is 5.89. The molecular weight excluding hydrogens is 427 g/mol. The first-order valence-corrected chi connectivity index (χ1v) is 10.4. The van der Waals surface area contributed by atoms with Crippen LogP contribution in [0.1, 0.15) is 33.6 Å². The topological polar surface area (TPSA) is 88.8 Å². The molecule has 3 rings (SSSR count). The van der Waals surface area contributed by atoms with Crippen molar-refractivity contribution in [1.82, 2.24) is 14.9 Å². The fourth-order valence-electron chi connectivity index (χ4n) is 3.56. The lowest BCUT2D eigenvalue weighted by Crippen LogP contribution is -2.40. The Morgan fingerprint density at radius 3 is 2.53 bits per heavy atom. The Labute approximate surface area is 182 Å². The first kappa shape index (κ1) is 23.6. The number of aromatic nitrogens is 2. The number of alkyl halides is 3. The molecule has 1 fully saturated rings. The largest absolute Gasteiger partial charge is 0.433 e. The number of benzene rings is 1. The van der Waals surface area contributed by atoms with E-state index in [0.29, 0.717) is 28.9 Å². The van der Waals surface area contributed by atoms with E-state index in [2.05, 4.69) is 34.1 Å². The molecule has 0 spiro atoms. The number of halogens is 3. The van der Waals surface area contributed by atoms with Gasteiger partial charge in [0, 0.05) is 25.0 Å². The predicted molar refractivity (Wildman–Crippen MR) is 113 cm³/mol. The molecule has 1 aromatic carbocycles. The number of nitrogens with zero attached hydrogens (tertiary/aromatic N) is 4. The van der Waals surface area contributed by atoms with Crippen LogP contribution in [-0.2, 0) is 11.4 Å². The molecule has 0 aliphatic carbocycles. The van der Waals surface area contributed by atoms with Crippen LogP contribution in [0.15, 0.2) is 34.2 Å². The Morgan fingerprint density at radius 1 is 1.25 bits per heavy atom. The molecule has 1 aromatic heterocycles. The van der Waals surface area contributed by atoms with Gasteiger partial charge in [-0.1, -0.05) is 26.0 Å². The summed E-state index contributed by atoms with van der Waals surface area (Å²) in [6.07, 6.45) is -3.91. The lowest BCUT2D eigenvalue weighted by atomic mass is 9.82. The van der Waals surface area contributed by atoms with Gasteiger partial charge in [0.1, 0.15) is 12.4 Å². The zero-order chi connectivity index (χ0) is 23.5. The molecule has 8 nitrogen and oxygen atoms in total. The fourth-order valence-corrected chi connectivity index (χ4v) is 3.56. The quantitative estimate of drug-likeness (QED) is 0.568. The summed E-state index contributed by atoms with van der Waals surface area (Å²) in [7, 11) is 0. The molecular formula is C21H26F3N5O3. The fraction of sp³-hybridized carbons (Fsp3) is 0.524. The van der Waals surface area contributed by atoms with Crippen molar-refractivity contribution in [3.8, 4) is 0 Å². The molecule has 2 heterocycles. The van der Waals surface area contributed by atoms with Crippen molar-refractivity contribution < 1.29 is 22.8 Å². The van der Waals surface area contributed by atoms with Gasteiger partial charge in [0.25, 0.3) is 11.0 Å². The minimum atomic E-state index is -4.66. The predicted octanol–water partition coefficient (Wildman–Crippen LogP) is 3.15. The monoisotopic (exact) mass is 453 g/mol. The van der Waals surface area contributed by atoms with Gasteiger partial charge < -0.3 is 10.2 Å². The van der Waals surface area contributed by atoms with Crippen LogP contribution in [0.5, 0.6) is 0 Å². The Morgan fingerprint density at radius 2 is 1.91 bits per heavy atom. The van der Waals surface area contributed by atoms with Crippen molar-refractivity contribution in [3.63, 3.8) is 0 Å². The first-order chi connectivity index (χ1) is 15.0. The Hall–Kier alpha value is -3.11. The average molecular weight is 453 g/mol. The number of para-hydroxylation sites is 1. The maximum Gasteiger partial charge on any atom is 0.433 e. The summed E-state index contributed by atoms with van der Waals surface area (Å²) in [4.78, 5) is 35.6. The number of hydrogen-bond donors (Lipinski definition) is 1. The Bertz CT molecular complexity index is 1120. The molecule has 2 aromatic rings. The molecule has 0 radical (unpaired) electrons. The van der Waals surface area contributed by atoms with Gasteiger partial charge in [-0.15, -0.1) is 0 Å². The van der Waals surface area contributed by atoms with E-state index in [1.54, 1.807) is 25.1 Å². The van der Waals surface area contributed by atoms with Crippen LogP contribution in [-0.4, -0.2) is 41.5 Å². The average Bonchev–Trinajstić information content (AvgIpc) is 2.82. The molecule has 1 saturated heterocycles. The van der Waals surface area contributed by atoms with Crippen LogP contribution in [0.3, 0.4) is 0 Å². The number of nitrogens with one attached hydrogen (secondary N) is 1. The molecule has 1 aliphatic rings. The smallest absolute Gasteiger partial charge is 0.356 e. The summed E-state index contributed by atoms with van der Waals surface area (Å²) >= 11 is 0. The van der Waals surface area contributed by atoms with Gasteiger partial charge in [0.05, 0.1) is 5.52 Å². The van der Waals surface area contributed by atoms with Gasteiger partial charge in [-0.2, -0.15) is 13.2 Å². The van der Waals surface area contributed by atoms with Crippen molar-refractivity contribution in [1.29, 1.82) is 0 Å². The van der Waals surface area contributed by atoms with Crippen LogP contribution >= 0.6 is 0 Å². The SMILES string of the molecule is CCNC(=O)ON=c1nc(N2CCC(C)(C)CC2)c2ccccc2n(CC(F)(F)F)c1=O. The van der Waals surface area contributed by atoms with Gasteiger partial charge in [-0.3, -0.25) is 14.2 Å². The molecule has 0 unspecified atom stereocenters. The van der Waals surface area contributed by atoms with E-state index in [1.165, 1.54) is 6.07 Å². The Balaban J connectivity index is 2.27. The zero-order valence-electron chi connectivity index (χ0n) is 18.2. The van der Waals surface area contributed by atoms with Crippen molar-refractivity contribution in [2.75, 3.05) is 24.5 Å². The van der Waals surface area contributed by atoms with Crippen molar-refractivity contribution in [3.05, 3.63) is 40.1 Å². The Kier molecular flexibility index (Phi) is 6.75. The number of carbonyl (C=O) groups excluding carboxylic acids is 1. The molecule has 0 bridgehead atoms. The number of anilines is 1. The van der Waals surface area contributed by atoms with E-state index in [1.807, 2.05) is 4.90 Å². The van der Waals surface area contributed by atoms with Crippen LogP contribution < -0.4 is 21.3 Å². The van der Waals surface area contributed by atoms with Crippen molar-refractivity contribution in [2.45, 2.75) is 46.3 Å². The highest BCUT2D eigenvalue weighted by Gasteiger charge is 2.31. The van der Waals surface area contributed by atoms with E-state index < -0.39 is 29.9 Å². The lowest BCUT2D eigenvalue weighted by molar-refractivity contribution is -0.140. The molecule has 174 valence electrons. The van der Waals surface area contributed by atoms with Gasteiger partial charge in [-0.05, 0) is 42.5 Å². The van der Waals surface area contributed by atoms with Crippen LogP contribution in [0.2, 0.25) is 0 Å².